The molecule has 0 amide bonds. The van der Waals surface area contributed by atoms with Gasteiger partial charge in [-0.05, 0) is 61.1 Å². The third-order valence-corrected chi connectivity index (χ3v) is 7.67. The van der Waals surface area contributed by atoms with Crippen LogP contribution in [-0.4, -0.2) is 42.9 Å². The molecule has 0 saturated heterocycles. The number of carbonyl (C=O) groups excluding carboxylic acids is 2. The van der Waals surface area contributed by atoms with E-state index in [4.69, 9.17) is 9.29 Å². The molecule has 0 heterocycles. The molecule has 1 N–H and O–H groups in total. The molecule has 168 valence electrons. The second-order valence-electron chi connectivity index (χ2n) is 8.80. The Morgan fingerprint density at radius 3 is 2.42 bits per heavy atom. The van der Waals surface area contributed by atoms with Gasteiger partial charge in [0.2, 0.25) is 0 Å². The van der Waals surface area contributed by atoms with Gasteiger partial charge >= 0.3 is 27.3 Å². The van der Waals surface area contributed by atoms with Gasteiger partial charge in [-0.25, -0.2) is 9.59 Å². The first-order chi connectivity index (χ1) is 14.5. The quantitative estimate of drug-likeness (QED) is 0.495. The maximum atomic E-state index is 13.4. The molecule has 1 aromatic carbocycles. The van der Waals surface area contributed by atoms with Crippen molar-refractivity contribution in [3.63, 3.8) is 0 Å². The molecule has 4 bridgehead atoms. The Labute approximate surface area is 178 Å². The fraction of sp³-hybridized carbons (Fsp3) is 0.524. The van der Waals surface area contributed by atoms with Crippen molar-refractivity contribution in [3.05, 3.63) is 42.0 Å². The van der Waals surface area contributed by atoms with Crippen molar-refractivity contribution in [1.82, 2.24) is 0 Å². The van der Waals surface area contributed by atoms with E-state index in [1.807, 2.05) is 0 Å². The smallest absolute Gasteiger partial charge is 0.460 e. The lowest BCUT2D eigenvalue weighted by Crippen LogP contribution is -2.43. The molecule has 31 heavy (non-hydrogen) atoms. The second kappa shape index (κ2) is 7.37. The van der Waals surface area contributed by atoms with Gasteiger partial charge in [0, 0.05) is 5.41 Å². The number of esters is 2. The highest BCUT2D eigenvalue weighted by molar-refractivity contribution is 7.87. The minimum Gasteiger partial charge on any atom is -0.460 e. The molecule has 0 aliphatic heterocycles. The first-order valence-electron chi connectivity index (χ1n) is 9.91. The van der Waals surface area contributed by atoms with Crippen molar-refractivity contribution >= 4 is 28.1 Å². The lowest BCUT2D eigenvalue weighted by atomic mass is 9.69. The van der Waals surface area contributed by atoms with Crippen molar-refractivity contribution in [2.75, 3.05) is 6.61 Å². The maximum absolute atomic E-state index is 13.4. The largest absolute Gasteiger partial charge is 0.465 e. The number of carbonyl (C=O) groups is 2. The van der Waals surface area contributed by atoms with Crippen LogP contribution >= 0.6 is 0 Å². The summed E-state index contributed by atoms with van der Waals surface area (Å²) in [6, 6.07) is 6.87. The van der Waals surface area contributed by atoms with Crippen LogP contribution in [0.2, 0.25) is 0 Å². The molecular weight excluding hydrogens is 434 g/mol. The van der Waals surface area contributed by atoms with Gasteiger partial charge in [-0.2, -0.15) is 17.2 Å². The third-order valence-electron chi connectivity index (χ3n) is 6.85. The lowest BCUT2D eigenvalue weighted by molar-refractivity contribution is -0.167. The van der Waals surface area contributed by atoms with Crippen LogP contribution in [0.3, 0.4) is 0 Å². The van der Waals surface area contributed by atoms with E-state index in [0.717, 1.165) is 12.0 Å². The van der Waals surface area contributed by atoms with E-state index in [0.29, 0.717) is 24.8 Å². The molecule has 4 aliphatic rings. The SMILES string of the molecule is C=Cc1ccc(C(=O)OC2C3CC4CC(COC(=O)C(F)(F)S(=O)(=O)O)(C3)CC42)cc1. The Hall–Kier alpha value is -2.33. The van der Waals surface area contributed by atoms with E-state index in [1.54, 1.807) is 30.3 Å². The van der Waals surface area contributed by atoms with Crippen molar-refractivity contribution in [3.8, 4) is 0 Å². The molecular formula is C21H22F2O7S. The molecule has 0 spiro atoms. The average molecular weight is 456 g/mol. The maximum Gasteiger partial charge on any atom is 0.465 e. The van der Waals surface area contributed by atoms with Crippen molar-refractivity contribution < 1.29 is 40.8 Å². The van der Waals surface area contributed by atoms with Gasteiger partial charge in [-0.1, -0.05) is 24.8 Å². The van der Waals surface area contributed by atoms with Gasteiger partial charge in [0.1, 0.15) is 6.10 Å². The van der Waals surface area contributed by atoms with Crippen molar-refractivity contribution in [1.29, 1.82) is 0 Å². The summed E-state index contributed by atoms with van der Waals surface area (Å²) in [6.07, 6.45) is 3.91. The van der Waals surface area contributed by atoms with Gasteiger partial charge < -0.3 is 9.47 Å². The Balaban J connectivity index is 1.39. The zero-order chi connectivity index (χ0) is 22.6. The Kier molecular flexibility index (Phi) is 5.20. The van der Waals surface area contributed by atoms with Crippen LogP contribution in [0.15, 0.2) is 30.8 Å². The molecule has 0 radical (unpaired) electrons. The molecule has 4 aliphatic carbocycles. The molecule has 0 aromatic heterocycles. The minimum absolute atomic E-state index is 0.0229. The van der Waals surface area contributed by atoms with Gasteiger partial charge in [-0.3, -0.25) is 4.55 Å². The van der Waals surface area contributed by atoms with Gasteiger partial charge in [0.05, 0.1) is 12.2 Å². The number of hydrogen-bond donors (Lipinski definition) is 1. The molecule has 5 atom stereocenters. The van der Waals surface area contributed by atoms with E-state index in [9.17, 15) is 26.8 Å². The van der Waals surface area contributed by atoms with Crippen LogP contribution in [0.1, 0.15) is 41.6 Å². The highest BCUT2D eigenvalue weighted by atomic mass is 32.2. The van der Waals surface area contributed by atoms with E-state index in [1.165, 1.54) is 0 Å². The van der Waals surface area contributed by atoms with Gasteiger partial charge in [0.25, 0.3) is 0 Å². The van der Waals surface area contributed by atoms with Gasteiger partial charge in [-0.15, -0.1) is 0 Å². The number of rotatable bonds is 7. The zero-order valence-corrected chi connectivity index (χ0v) is 17.3. The summed E-state index contributed by atoms with van der Waals surface area (Å²) in [6.45, 7) is 3.31. The van der Waals surface area contributed by atoms with Crippen LogP contribution in [-0.2, 0) is 24.4 Å². The van der Waals surface area contributed by atoms with Crippen LogP contribution in [0, 0.1) is 23.2 Å². The summed E-state index contributed by atoms with van der Waals surface area (Å²) in [5, 5.41) is -5.00. The topological polar surface area (TPSA) is 107 Å². The number of alkyl halides is 2. The van der Waals surface area contributed by atoms with E-state index in [-0.39, 0.29) is 30.5 Å². The van der Waals surface area contributed by atoms with E-state index < -0.39 is 32.7 Å². The first-order valence-corrected chi connectivity index (χ1v) is 11.4. The monoisotopic (exact) mass is 456 g/mol. The minimum atomic E-state index is -5.90. The van der Waals surface area contributed by atoms with E-state index in [2.05, 4.69) is 11.3 Å². The van der Waals surface area contributed by atoms with Gasteiger partial charge in [0.15, 0.2) is 0 Å². The summed E-state index contributed by atoms with van der Waals surface area (Å²) < 4.78 is 67.3. The summed E-state index contributed by atoms with van der Waals surface area (Å²) >= 11 is 0. The Bertz CT molecular complexity index is 1020. The van der Waals surface area contributed by atoms with Crippen LogP contribution in [0.5, 0.6) is 0 Å². The highest BCUT2D eigenvalue weighted by Crippen LogP contribution is 2.65. The van der Waals surface area contributed by atoms with Crippen LogP contribution < -0.4 is 0 Å². The Morgan fingerprint density at radius 1 is 1.19 bits per heavy atom. The number of ether oxygens (including phenoxy) is 2. The molecule has 5 rings (SSSR count). The average Bonchev–Trinajstić information content (AvgIpc) is 3.11. The third kappa shape index (κ3) is 3.76. The number of halogens is 2. The molecule has 1 aromatic rings. The van der Waals surface area contributed by atoms with Crippen LogP contribution in [0.25, 0.3) is 6.08 Å². The first kappa shape index (κ1) is 21.9. The van der Waals surface area contributed by atoms with Crippen molar-refractivity contribution in [2.24, 2.45) is 23.2 Å². The fourth-order valence-corrected chi connectivity index (χ4v) is 5.88. The zero-order valence-electron chi connectivity index (χ0n) is 16.5. The summed E-state index contributed by atoms with van der Waals surface area (Å²) in [4.78, 5) is 24.1. The van der Waals surface area contributed by atoms with Crippen molar-refractivity contribution in [2.45, 2.75) is 37.0 Å². The molecule has 5 unspecified atom stereocenters. The van der Waals surface area contributed by atoms with E-state index >= 15 is 0 Å². The second-order valence-corrected chi connectivity index (χ2v) is 10.3. The number of benzene rings is 1. The predicted octanol–water partition coefficient (Wildman–Crippen LogP) is 3.32. The standard InChI is InChI=1S/C21H22F2O7S/c1-2-12-3-5-13(6-4-12)18(24)30-17-15-7-14-8-20(9-15,10-16(14)17)11-29-19(25)21(22,23)31(26,27)28/h2-6,14-17H,1,7-11H2,(H,26,27,28). The Morgan fingerprint density at radius 2 is 1.84 bits per heavy atom. The summed E-state index contributed by atoms with van der Waals surface area (Å²) in [5.74, 6) is -2.42. The predicted molar refractivity (Wildman–Crippen MR) is 105 cm³/mol. The molecule has 4 fully saturated rings. The molecule has 4 saturated carbocycles. The lowest BCUT2D eigenvalue weighted by Gasteiger charge is -2.40. The summed E-state index contributed by atoms with van der Waals surface area (Å²) in [5.41, 5.74) is 0.766. The van der Waals surface area contributed by atoms with Crippen LogP contribution in [0.4, 0.5) is 8.78 Å². The normalized spacial score (nSPS) is 31.5. The highest BCUT2D eigenvalue weighted by Gasteiger charge is 2.63. The molecule has 10 heteroatoms. The number of hydrogen-bond acceptors (Lipinski definition) is 6. The fourth-order valence-electron chi connectivity index (χ4n) is 5.61. The molecule has 7 nitrogen and oxygen atoms in total. The summed E-state index contributed by atoms with van der Waals surface area (Å²) in [7, 11) is -5.90.